The molecule has 0 radical (unpaired) electrons. The Bertz CT molecular complexity index is 751. The Balaban J connectivity index is 1.56. The Morgan fingerprint density at radius 2 is 1.70 bits per heavy atom. The van der Waals surface area contributed by atoms with Gasteiger partial charge in [0.05, 0.1) is 6.61 Å². The second kappa shape index (κ2) is 8.81. The lowest BCUT2D eigenvalue weighted by Crippen LogP contribution is -2.49. The minimum absolute atomic E-state index is 0.0921. The monoisotopic (exact) mass is 370 g/mol. The molecule has 0 spiro atoms. The number of ether oxygens (including phenoxy) is 2. The summed E-state index contributed by atoms with van der Waals surface area (Å²) >= 11 is 0. The molecule has 1 aliphatic rings. The summed E-state index contributed by atoms with van der Waals surface area (Å²) in [5.74, 6) is 1.38. The molecule has 0 saturated carbocycles. The minimum atomic E-state index is 0.0921. The third-order valence-electron chi connectivity index (χ3n) is 4.52. The number of hydrogen-bond donors (Lipinski definition) is 0. The van der Waals surface area contributed by atoms with Crippen molar-refractivity contribution in [2.45, 2.75) is 13.8 Å². The van der Waals surface area contributed by atoms with Crippen LogP contribution in [0, 0.1) is 13.8 Å². The molecule has 2 heterocycles. The van der Waals surface area contributed by atoms with Crippen molar-refractivity contribution in [3.05, 3.63) is 47.0 Å². The molecule has 1 saturated heterocycles. The number of aryl methyl sites for hydroxylation is 2. The average Bonchev–Trinajstić information content (AvgIpc) is 2.67. The fourth-order valence-corrected chi connectivity index (χ4v) is 3.21. The lowest BCUT2D eigenvalue weighted by atomic mass is 10.1. The van der Waals surface area contributed by atoms with Crippen LogP contribution < -0.4 is 9.64 Å². The lowest BCUT2D eigenvalue weighted by molar-refractivity contribution is 0.0746. The molecule has 1 aromatic carbocycles. The predicted molar refractivity (Wildman–Crippen MR) is 103 cm³/mol. The van der Waals surface area contributed by atoms with Crippen LogP contribution in [0.25, 0.3) is 0 Å². The van der Waals surface area contributed by atoms with E-state index in [1.54, 1.807) is 7.11 Å². The molecule has 2 aromatic rings. The van der Waals surface area contributed by atoms with Gasteiger partial charge in [-0.25, -0.2) is 0 Å². The number of piperazine rings is 1. The molecular weight excluding hydrogens is 344 g/mol. The highest BCUT2D eigenvalue weighted by Gasteiger charge is 2.23. The highest BCUT2D eigenvalue weighted by molar-refractivity contribution is 5.94. The lowest BCUT2D eigenvalue weighted by Gasteiger charge is -2.35. The first-order valence-corrected chi connectivity index (χ1v) is 9.15. The third-order valence-corrected chi connectivity index (χ3v) is 4.52. The van der Waals surface area contributed by atoms with Crippen LogP contribution in [-0.4, -0.2) is 67.5 Å². The van der Waals surface area contributed by atoms with Crippen LogP contribution in [0.5, 0.6) is 5.88 Å². The number of benzene rings is 1. The van der Waals surface area contributed by atoms with Gasteiger partial charge in [-0.3, -0.25) is 4.79 Å². The summed E-state index contributed by atoms with van der Waals surface area (Å²) in [6, 6.07) is 9.70. The molecule has 0 bridgehead atoms. The highest BCUT2D eigenvalue weighted by Crippen LogP contribution is 2.17. The first kappa shape index (κ1) is 19.1. The van der Waals surface area contributed by atoms with Crippen molar-refractivity contribution in [2.24, 2.45) is 0 Å². The maximum Gasteiger partial charge on any atom is 0.253 e. The number of methoxy groups -OCH3 is 1. The molecule has 1 amide bonds. The second-order valence-electron chi connectivity index (χ2n) is 6.73. The molecule has 0 unspecified atom stereocenters. The molecule has 1 aliphatic heterocycles. The molecule has 27 heavy (non-hydrogen) atoms. The fraction of sp³-hybridized carbons (Fsp3) is 0.450. The van der Waals surface area contributed by atoms with Gasteiger partial charge >= 0.3 is 0 Å². The van der Waals surface area contributed by atoms with Crippen molar-refractivity contribution < 1.29 is 14.3 Å². The van der Waals surface area contributed by atoms with E-state index in [0.29, 0.717) is 32.2 Å². The van der Waals surface area contributed by atoms with Crippen LogP contribution in [0.1, 0.15) is 21.5 Å². The van der Waals surface area contributed by atoms with Crippen molar-refractivity contribution in [3.63, 3.8) is 0 Å². The minimum Gasteiger partial charge on any atom is -0.474 e. The summed E-state index contributed by atoms with van der Waals surface area (Å²) in [6.45, 7) is 7.79. The third kappa shape index (κ3) is 4.95. The second-order valence-corrected chi connectivity index (χ2v) is 6.73. The Labute approximate surface area is 159 Å². The zero-order valence-corrected chi connectivity index (χ0v) is 16.1. The molecule has 7 nitrogen and oxygen atoms in total. The molecule has 144 valence electrons. The van der Waals surface area contributed by atoms with E-state index in [1.807, 2.05) is 43.0 Å². The largest absolute Gasteiger partial charge is 0.474 e. The maximum atomic E-state index is 12.8. The van der Waals surface area contributed by atoms with Gasteiger partial charge in [-0.15, -0.1) is 10.2 Å². The van der Waals surface area contributed by atoms with Gasteiger partial charge in [-0.05, 0) is 32.0 Å². The normalized spacial score (nSPS) is 14.3. The van der Waals surface area contributed by atoms with Crippen molar-refractivity contribution >= 4 is 11.7 Å². The van der Waals surface area contributed by atoms with E-state index >= 15 is 0 Å². The van der Waals surface area contributed by atoms with Gasteiger partial charge in [-0.1, -0.05) is 17.2 Å². The molecule has 1 aromatic heterocycles. The maximum absolute atomic E-state index is 12.8. The first-order chi connectivity index (χ1) is 13.1. The van der Waals surface area contributed by atoms with Gasteiger partial charge in [0, 0.05) is 44.9 Å². The number of carbonyl (C=O) groups excluding carboxylic acids is 1. The topological polar surface area (TPSA) is 67.8 Å². The highest BCUT2D eigenvalue weighted by atomic mass is 16.5. The van der Waals surface area contributed by atoms with Crippen LogP contribution in [-0.2, 0) is 4.74 Å². The smallest absolute Gasteiger partial charge is 0.253 e. The van der Waals surface area contributed by atoms with Gasteiger partial charge in [0.15, 0.2) is 5.82 Å². The van der Waals surface area contributed by atoms with Crippen molar-refractivity contribution in [2.75, 3.05) is 51.4 Å². The fourth-order valence-electron chi connectivity index (χ4n) is 3.21. The van der Waals surface area contributed by atoms with Crippen molar-refractivity contribution in [1.82, 2.24) is 15.1 Å². The Hall–Kier alpha value is -2.67. The molecule has 0 aliphatic carbocycles. The van der Waals surface area contributed by atoms with Crippen LogP contribution in [0.2, 0.25) is 0 Å². The van der Waals surface area contributed by atoms with Gasteiger partial charge in [0.2, 0.25) is 5.88 Å². The van der Waals surface area contributed by atoms with E-state index in [9.17, 15) is 4.79 Å². The molecular formula is C20H26N4O3. The van der Waals surface area contributed by atoms with Gasteiger partial charge < -0.3 is 19.3 Å². The summed E-state index contributed by atoms with van der Waals surface area (Å²) in [7, 11) is 1.63. The summed E-state index contributed by atoms with van der Waals surface area (Å²) in [6.07, 6.45) is 0. The van der Waals surface area contributed by atoms with E-state index in [1.165, 1.54) is 0 Å². The van der Waals surface area contributed by atoms with Gasteiger partial charge in [-0.2, -0.15) is 0 Å². The van der Waals surface area contributed by atoms with Crippen LogP contribution in [0.15, 0.2) is 30.3 Å². The molecule has 3 rings (SSSR count). The standard InChI is InChI=1S/C20H26N4O3/c1-15-12-16(2)14-17(13-15)20(25)24-8-6-23(7-9-24)18-4-5-19(22-21-18)27-11-10-26-3/h4-5,12-14H,6-11H2,1-3H3. The van der Waals surface area contributed by atoms with Crippen LogP contribution in [0.3, 0.4) is 0 Å². The summed E-state index contributed by atoms with van der Waals surface area (Å²) in [5.41, 5.74) is 2.98. The van der Waals surface area contributed by atoms with E-state index in [0.717, 1.165) is 35.6 Å². The summed E-state index contributed by atoms with van der Waals surface area (Å²) in [5, 5.41) is 8.34. The predicted octanol–water partition coefficient (Wildman–Crippen LogP) is 2.08. The zero-order chi connectivity index (χ0) is 19.2. The van der Waals surface area contributed by atoms with Gasteiger partial charge in [0.25, 0.3) is 5.91 Å². The Morgan fingerprint density at radius 1 is 1.00 bits per heavy atom. The number of rotatable bonds is 6. The van der Waals surface area contributed by atoms with E-state index in [4.69, 9.17) is 9.47 Å². The number of carbonyl (C=O) groups is 1. The average molecular weight is 370 g/mol. The summed E-state index contributed by atoms with van der Waals surface area (Å²) in [4.78, 5) is 16.8. The van der Waals surface area contributed by atoms with Crippen molar-refractivity contribution in [3.8, 4) is 5.88 Å². The quantitative estimate of drug-likeness (QED) is 0.726. The number of amides is 1. The number of nitrogens with zero attached hydrogens (tertiary/aromatic N) is 4. The van der Waals surface area contributed by atoms with E-state index in [-0.39, 0.29) is 5.91 Å². The van der Waals surface area contributed by atoms with Crippen LogP contribution in [0.4, 0.5) is 5.82 Å². The van der Waals surface area contributed by atoms with Crippen molar-refractivity contribution in [1.29, 1.82) is 0 Å². The zero-order valence-electron chi connectivity index (χ0n) is 16.1. The van der Waals surface area contributed by atoms with E-state index < -0.39 is 0 Å². The van der Waals surface area contributed by atoms with E-state index in [2.05, 4.69) is 21.2 Å². The van der Waals surface area contributed by atoms with Gasteiger partial charge in [0.1, 0.15) is 6.61 Å². The summed E-state index contributed by atoms with van der Waals surface area (Å²) < 4.78 is 10.4. The number of anilines is 1. The van der Waals surface area contributed by atoms with Crippen LogP contribution >= 0.6 is 0 Å². The Morgan fingerprint density at radius 3 is 2.30 bits per heavy atom. The Kier molecular flexibility index (Phi) is 6.24. The number of aromatic nitrogens is 2. The molecule has 1 fully saturated rings. The SMILES string of the molecule is COCCOc1ccc(N2CCN(C(=O)c3cc(C)cc(C)c3)CC2)nn1. The molecule has 0 N–H and O–H groups in total. The molecule has 0 atom stereocenters. The first-order valence-electron chi connectivity index (χ1n) is 9.15. The number of hydrogen-bond acceptors (Lipinski definition) is 6. The molecule has 7 heteroatoms.